The van der Waals surface area contributed by atoms with E-state index in [0.717, 1.165) is 18.3 Å². The highest BCUT2D eigenvalue weighted by atomic mass is 16.5. The molecule has 0 saturated carbocycles. The van der Waals surface area contributed by atoms with Gasteiger partial charge >= 0.3 is 5.97 Å². The smallest absolute Gasteiger partial charge is 0.330 e. The van der Waals surface area contributed by atoms with Crippen LogP contribution in [0.1, 0.15) is 27.2 Å². The Morgan fingerprint density at radius 1 is 1.45 bits per heavy atom. The second-order valence-corrected chi connectivity index (χ2v) is 4.83. The summed E-state index contributed by atoms with van der Waals surface area (Å²) in [6, 6.07) is 0. The van der Waals surface area contributed by atoms with Crippen molar-refractivity contribution in [1.29, 1.82) is 0 Å². The van der Waals surface area contributed by atoms with Gasteiger partial charge < -0.3 is 9.84 Å². The van der Waals surface area contributed by atoms with E-state index in [-0.39, 0.29) is 17.7 Å². The first-order chi connectivity index (χ1) is 9.43. The van der Waals surface area contributed by atoms with Gasteiger partial charge in [-0.2, -0.15) is 0 Å². The van der Waals surface area contributed by atoms with Crippen molar-refractivity contribution in [3.63, 3.8) is 0 Å². The SMILES string of the molecule is CO.COC(=O)/C=C(C)\C=C\C1C(C)=CC(=O)C[C@H]1C. The number of carbonyl (C=O) groups excluding carboxylic acids is 2. The number of esters is 1. The van der Waals surface area contributed by atoms with Crippen molar-refractivity contribution in [2.75, 3.05) is 14.2 Å². The van der Waals surface area contributed by atoms with Gasteiger partial charge in [0.2, 0.25) is 0 Å². The van der Waals surface area contributed by atoms with Crippen LogP contribution in [0, 0.1) is 11.8 Å². The van der Waals surface area contributed by atoms with Gasteiger partial charge in [-0.3, -0.25) is 4.79 Å². The van der Waals surface area contributed by atoms with Crippen LogP contribution in [0.5, 0.6) is 0 Å². The summed E-state index contributed by atoms with van der Waals surface area (Å²) in [7, 11) is 2.36. The lowest BCUT2D eigenvalue weighted by Gasteiger charge is -2.25. The lowest BCUT2D eigenvalue weighted by Crippen LogP contribution is -2.20. The molecule has 0 fully saturated rings. The highest BCUT2D eigenvalue weighted by Crippen LogP contribution is 2.29. The molecule has 2 atom stereocenters. The zero-order valence-electron chi connectivity index (χ0n) is 12.8. The van der Waals surface area contributed by atoms with E-state index in [1.165, 1.54) is 13.2 Å². The molecule has 4 nitrogen and oxygen atoms in total. The topological polar surface area (TPSA) is 63.6 Å². The fourth-order valence-electron chi connectivity index (χ4n) is 2.19. The van der Waals surface area contributed by atoms with E-state index in [1.807, 2.05) is 19.9 Å². The zero-order valence-corrected chi connectivity index (χ0v) is 12.8. The maximum Gasteiger partial charge on any atom is 0.330 e. The third kappa shape index (κ3) is 5.97. The summed E-state index contributed by atoms with van der Waals surface area (Å²) < 4.78 is 4.56. The molecule has 0 aromatic rings. The molecule has 0 aromatic heterocycles. The number of aliphatic hydroxyl groups is 1. The van der Waals surface area contributed by atoms with Gasteiger partial charge in [-0.1, -0.05) is 24.6 Å². The number of ketones is 1. The van der Waals surface area contributed by atoms with Crippen LogP contribution in [0.3, 0.4) is 0 Å². The molecular weight excluding hydrogens is 256 g/mol. The summed E-state index contributed by atoms with van der Waals surface area (Å²) in [5.74, 6) is 0.427. The lowest BCUT2D eigenvalue weighted by atomic mass is 9.79. The van der Waals surface area contributed by atoms with E-state index in [9.17, 15) is 9.59 Å². The molecule has 0 saturated heterocycles. The summed E-state index contributed by atoms with van der Waals surface area (Å²) in [5.41, 5.74) is 1.93. The van der Waals surface area contributed by atoms with Gasteiger partial charge in [0.05, 0.1) is 7.11 Å². The number of hydrogen-bond acceptors (Lipinski definition) is 4. The van der Waals surface area contributed by atoms with Crippen molar-refractivity contribution < 1.29 is 19.4 Å². The Kier molecular flexibility index (Phi) is 8.48. The summed E-state index contributed by atoms with van der Waals surface area (Å²) >= 11 is 0. The van der Waals surface area contributed by atoms with Gasteiger partial charge in [-0.05, 0) is 31.4 Å². The largest absolute Gasteiger partial charge is 0.466 e. The monoisotopic (exact) mass is 280 g/mol. The molecule has 1 N–H and O–H groups in total. The highest BCUT2D eigenvalue weighted by molar-refractivity contribution is 5.91. The number of aliphatic hydroxyl groups excluding tert-OH is 1. The molecule has 0 aliphatic heterocycles. The fraction of sp³-hybridized carbons (Fsp3) is 0.500. The molecule has 0 aromatic carbocycles. The molecule has 0 radical (unpaired) electrons. The number of hydrogen-bond donors (Lipinski definition) is 1. The van der Waals surface area contributed by atoms with Crippen LogP contribution in [0.25, 0.3) is 0 Å². The molecule has 1 aliphatic carbocycles. The first-order valence-electron chi connectivity index (χ1n) is 6.54. The average molecular weight is 280 g/mol. The number of rotatable bonds is 3. The Labute approximate surface area is 120 Å². The Morgan fingerprint density at radius 2 is 2.05 bits per heavy atom. The molecule has 0 spiro atoms. The first-order valence-corrected chi connectivity index (χ1v) is 6.54. The van der Waals surface area contributed by atoms with Gasteiger partial charge in [-0.25, -0.2) is 4.79 Å². The van der Waals surface area contributed by atoms with Crippen molar-refractivity contribution in [1.82, 2.24) is 0 Å². The molecule has 1 rings (SSSR count). The normalized spacial score (nSPS) is 23.0. The highest BCUT2D eigenvalue weighted by Gasteiger charge is 2.23. The van der Waals surface area contributed by atoms with Crippen molar-refractivity contribution >= 4 is 11.8 Å². The Morgan fingerprint density at radius 3 is 2.55 bits per heavy atom. The minimum absolute atomic E-state index is 0.200. The Balaban J connectivity index is 0.00000172. The second-order valence-electron chi connectivity index (χ2n) is 4.83. The van der Waals surface area contributed by atoms with Gasteiger partial charge in [0.15, 0.2) is 5.78 Å². The van der Waals surface area contributed by atoms with Crippen LogP contribution < -0.4 is 0 Å². The quantitative estimate of drug-likeness (QED) is 0.490. The lowest BCUT2D eigenvalue weighted by molar-refractivity contribution is -0.134. The van der Waals surface area contributed by atoms with E-state index >= 15 is 0 Å². The third-order valence-electron chi connectivity index (χ3n) is 3.16. The molecule has 0 amide bonds. The molecule has 4 heteroatoms. The zero-order chi connectivity index (χ0) is 15.7. The van der Waals surface area contributed by atoms with Crippen molar-refractivity contribution in [3.8, 4) is 0 Å². The number of allylic oxidation sites excluding steroid dienone is 5. The van der Waals surface area contributed by atoms with E-state index in [1.54, 1.807) is 6.08 Å². The summed E-state index contributed by atoms with van der Waals surface area (Å²) in [5, 5.41) is 7.00. The second kappa shape index (κ2) is 9.26. The predicted octanol–water partition coefficient (Wildman–Crippen LogP) is 2.44. The van der Waals surface area contributed by atoms with Gasteiger partial charge in [0, 0.05) is 25.5 Å². The van der Waals surface area contributed by atoms with Gasteiger partial charge in [-0.15, -0.1) is 0 Å². The standard InChI is InChI=1S/C15H20O3.CH4O/c1-10(7-15(17)18-4)5-6-14-11(2)8-13(16)9-12(14)3;1-2/h5-8,12,14H,9H2,1-4H3;2H,1H3/b6-5+,10-7-;/t12-,14?;/m1./s1. The van der Waals surface area contributed by atoms with Crippen molar-refractivity contribution in [3.05, 3.63) is 35.5 Å². The van der Waals surface area contributed by atoms with Crippen molar-refractivity contribution in [2.45, 2.75) is 27.2 Å². The summed E-state index contributed by atoms with van der Waals surface area (Å²) in [6.45, 7) is 5.90. The van der Waals surface area contributed by atoms with Crippen LogP contribution >= 0.6 is 0 Å². The van der Waals surface area contributed by atoms with E-state index in [4.69, 9.17) is 5.11 Å². The maximum atomic E-state index is 11.4. The summed E-state index contributed by atoms with van der Waals surface area (Å²) in [4.78, 5) is 22.4. The first kappa shape index (κ1) is 18.3. The predicted molar refractivity (Wildman–Crippen MR) is 79.1 cm³/mol. The van der Waals surface area contributed by atoms with Crippen LogP contribution in [0.4, 0.5) is 0 Å². The third-order valence-corrected chi connectivity index (χ3v) is 3.16. The molecule has 20 heavy (non-hydrogen) atoms. The van der Waals surface area contributed by atoms with Crippen LogP contribution in [-0.4, -0.2) is 31.1 Å². The summed E-state index contributed by atoms with van der Waals surface area (Å²) in [6.07, 6.45) is 7.72. The molecule has 0 heterocycles. The average Bonchev–Trinajstić information content (AvgIpc) is 2.39. The van der Waals surface area contributed by atoms with Crippen molar-refractivity contribution in [2.24, 2.45) is 11.8 Å². The number of carbonyl (C=O) groups is 2. The minimum Gasteiger partial charge on any atom is -0.466 e. The minimum atomic E-state index is -0.351. The van der Waals surface area contributed by atoms with Crippen LogP contribution in [0.2, 0.25) is 0 Å². The van der Waals surface area contributed by atoms with E-state index in [2.05, 4.69) is 17.7 Å². The van der Waals surface area contributed by atoms with Gasteiger partial charge in [0.25, 0.3) is 0 Å². The molecule has 1 unspecified atom stereocenters. The van der Waals surface area contributed by atoms with Crippen LogP contribution in [-0.2, 0) is 14.3 Å². The van der Waals surface area contributed by atoms with Gasteiger partial charge in [0.1, 0.15) is 0 Å². The van der Waals surface area contributed by atoms with E-state index < -0.39 is 0 Å². The fourth-order valence-corrected chi connectivity index (χ4v) is 2.19. The Bertz CT molecular complexity index is 430. The molecule has 1 aliphatic rings. The molecular formula is C16H24O4. The molecule has 0 bridgehead atoms. The Hall–Kier alpha value is -1.68. The van der Waals surface area contributed by atoms with Crippen LogP contribution in [0.15, 0.2) is 35.5 Å². The maximum absolute atomic E-state index is 11.4. The van der Waals surface area contributed by atoms with E-state index in [0.29, 0.717) is 12.3 Å². The number of methoxy groups -OCH3 is 1. The number of ether oxygens (including phenoxy) is 1. The molecule has 112 valence electrons.